The van der Waals surface area contributed by atoms with Crippen molar-refractivity contribution in [3.05, 3.63) is 0 Å². The molecule has 0 spiro atoms. The molecule has 0 aromatic heterocycles. The molecule has 1 rings (SSSR count). The van der Waals surface area contributed by atoms with Gasteiger partial charge in [0.1, 0.15) is 11.8 Å². The zero-order valence-electron chi connectivity index (χ0n) is 8.28. The molecule has 0 aromatic carbocycles. The first kappa shape index (κ1) is 10.7. The standard InChI is InChI=1S/C9H13NO4/c1-3-13-8(11)4-7-9(12)14-6(2)5-10-7/h6H,3-5H2,1-2H3/t6-/m0/s1. The van der Waals surface area contributed by atoms with E-state index >= 15 is 0 Å². The summed E-state index contributed by atoms with van der Waals surface area (Å²) in [7, 11) is 0. The molecule has 78 valence electrons. The van der Waals surface area contributed by atoms with E-state index < -0.39 is 11.9 Å². The number of rotatable bonds is 3. The Morgan fingerprint density at radius 1 is 1.71 bits per heavy atom. The smallest absolute Gasteiger partial charge is 0.353 e. The second-order valence-corrected chi connectivity index (χ2v) is 2.99. The lowest BCUT2D eigenvalue weighted by Gasteiger charge is -2.17. The van der Waals surface area contributed by atoms with Gasteiger partial charge in [0.15, 0.2) is 0 Å². The third kappa shape index (κ3) is 2.83. The first-order valence-electron chi connectivity index (χ1n) is 4.53. The fraction of sp³-hybridized carbons (Fsp3) is 0.667. The molecule has 1 heterocycles. The maximum Gasteiger partial charge on any atom is 0.353 e. The number of cyclic esters (lactones) is 1. The summed E-state index contributed by atoms with van der Waals surface area (Å²) < 4.78 is 9.59. The van der Waals surface area contributed by atoms with Gasteiger partial charge in [-0.2, -0.15) is 0 Å². The van der Waals surface area contributed by atoms with Gasteiger partial charge in [-0.15, -0.1) is 0 Å². The van der Waals surface area contributed by atoms with E-state index in [0.717, 1.165) is 0 Å². The summed E-state index contributed by atoms with van der Waals surface area (Å²) in [4.78, 5) is 26.2. The number of hydrogen-bond acceptors (Lipinski definition) is 5. The average Bonchev–Trinajstić information content (AvgIpc) is 2.10. The third-order valence-corrected chi connectivity index (χ3v) is 1.70. The lowest BCUT2D eigenvalue weighted by atomic mass is 10.2. The van der Waals surface area contributed by atoms with Crippen LogP contribution in [0.3, 0.4) is 0 Å². The molecule has 0 unspecified atom stereocenters. The highest BCUT2D eigenvalue weighted by Gasteiger charge is 2.23. The van der Waals surface area contributed by atoms with E-state index in [9.17, 15) is 9.59 Å². The van der Waals surface area contributed by atoms with Crippen LogP contribution in [0.15, 0.2) is 4.99 Å². The number of nitrogens with zero attached hydrogens (tertiary/aromatic N) is 1. The van der Waals surface area contributed by atoms with Crippen molar-refractivity contribution in [2.45, 2.75) is 26.4 Å². The number of hydrogen-bond donors (Lipinski definition) is 0. The summed E-state index contributed by atoms with van der Waals surface area (Å²) in [6.45, 7) is 4.18. The molecule has 14 heavy (non-hydrogen) atoms. The summed E-state index contributed by atoms with van der Waals surface area (Å²) in [5, 5.41) is 0. The van der Waals surface area contributed by atoms with Gasteiger partial charge in [-0.05, 0) is 13.8 Å². The van der Waals surface area contributed by atoms with Crippen molar-refractivity contribution in [3.63, 3.8) is 0 Å². The topological polar surface area (TPSA) is 65.0 Å². The number of aliphatic imine (C=N–C) groups is 1. The fourth-order valence-corrected chi connectivity index (χ4v) is 1.07. The first-order chi connectivity index (χ1) is 6.63. The van der Waals surface area contributed by atoms with Crippen LogP contribution in [-0.2, 0) is 19.1 Å². The predicted octanol–water partition coefficient (Wildman–Crippen LogP) is 0.326. The minimum Gasteiger partial charge on any atom is -0.466 e. The van der Waals surface area contributed by atoms with Gasteiger partial charge in [-0.3, -0.25) is 9.79 Å². The Hall–Kier alpha value is -1.39. The molecule has 0 N–H and O–H groups in total. The Labute approximate surface area is 82.1 Å². The maximum absolute atomic E-state index is 11.2. The van der Waals surface area contributed by atoms with E-state index in [1.807, 2.05) is 0 Å². The summed E-state index contributed by atoms with van der Waals surface area (Å²) in [5.74, 6) is -0.963. The van der Waals surface area contributed by atoms with E-state index in [0.29, 0.717) is 13.2 Å². The number of carbonyl (C=O) groups is 2. The third-order valence-electron chi connectivity index (χ3n) is 1.70. The average molecular weight is 199 g/mol. The molecule has 1 atom stereocenters. The summed E-state index contributed by atoms with van der Waals surface area (Å²) in [5.41, 5.74) is 0.154. The van der Waals surface area contributed by atoms with Crippen LogP contribution in [-0.4, -0.2) is 36.9 Å². The van der Waals surface area contributed by atoms with Crippen LogP contribution in [0.4, 0.5) is 0 Å². The SMILES string of the molecule is CCOC(=O)CC1=NC[C@H](C)OC1=O. The van der Waals surface area contributed by atoms with E-state index in [4.69, 9.17) is 9.47 Å². The quantitative estimate of drug-likeness (QED) is 0.614. The number of ether oxygens (including phenoxy) is 2. The largest absolute Gasteiger partial charge is 0.466 e. The molecule has 1 aliphatic heterocycles. The number of esters is 2. The van der Waals surface area contributed by atoms with Crippen LogP contribution in [0, 0.1) is 0 Å². The molecule has 1 aliphatic rings. The zero-order chi connectivity index (χ0) is 10.6. The van der Waals surface area contributed by atoms with Gasteiger partial charge >= 0.3 is 11.9 Å². The molecule has 0 saturated heterocycles. The van der Waals surface area contributed by atoms with Gasteiger partial charge in [0.05, 0.1) is 19.6 Å². The summed E-state index contributed by atoms with van der Waals surface area (Å²) >= 11 is 0. The highest BCUT2D eigenvalue weighted by Crippen LogP contribution is 2.05. The van der Waals surface area contributed by atoms with E-state index in [2.05, 4.69) is 4.99 Å². The van der Waals surface area contributed by atoms with Crippen LogP contribution in [0.1, 0.15) is 20.3 Å². The maximum atomic E-state index is 11.2. The van der Waals surface area contributed by atoms with Crippen LogP contribution in [0.2, 0.25) is 0 Å². The van der Waals surface area contributed by atoms with Crippen molar-refractivity contribution >= 4 is 17.7 Å². The molecule has 0 fully saturated rings. The monoisotopic (exact) mass is 199 g/mol. The lowest BCUT2D eigenvalue weighted by molar-refractivity contribution is -0.145. The lowest BCUT2D eigenvalue weighted by Crippen LogP contribution is -2.32. The minimum absolute atomic E-state index is 0.0978. The summed E-state index contributed by atoms with van der Waals surface area (Å²) in [6.07, 6.45) is -0.298. The fourth-order valence-electron chi connectivity index (χ4n) is 1.07. The van der Waals surface area contributed by atoms with Gasteiger partial charge in [-0.25, -0.2) is 4.79 Å². The Kier molecular flexibility index (Phi) is 3.62. The molecule has 0 aromatic rings. The van der Waals surface area contributed by atoms with Crippen molar-refractivity contribution in [3.8, 4) is 0 Å². The Morgan fingerprint density at radius 3 is 3.00 bits per heavy atom. The van der Waals surface area contributed by atoms with E-state index in [1.165, 1.54) is 0 Å². The molecule has 0 saturated carbocycles. The van der Waals surface area contributed by atoms with Crippen molar-refractivity contribution < 1.29 is 19.1 Å². The second-order valence-electron chi connectivity index (χ2n) is 2.99. The van der Waals surface area contributed by atoms with Gasteiger partial charge in [0.2, 0.25) is 0 Å². The molecule has 0 radical (unpaired) electrons. The van der Waals surface area contributed by atoms with Gasteiger partial charge in [0.25, 0.3) is 0 Å². The Morgan fingerprint density at radius 2 is 2.43 bits per heavy atom. The normalized spacial score (nSPS) is 21.1. The minimum atomic E-state index is -0.517. The van der Waals surface area contributed by atoms with Gasteiger partial charge < -0.3 is 9.47 Å². The van der Waals surface area contributed by atoms with Crippen molar-refractivity contribution in [2.24, 2.45) is 4.99 Å². The van der Waals surface area contributed by atoms with Crippen LogP contribution >= 0.6 is 0 Å². The van der Waals surface area contributed by atoms with Crippen LogP contribution in [0.5, 0.6) is 0 Å². The molecule has 0 bridgehead atoms. The Bertz CT molecular complexity index is 272. The van der Waals surface area contributed by atoms with Crippen molar-refractivity contribution in [1.82, 2.24) is 0 Å². The molecular formula is C9H13NO4. The molecule has 5 heteroatoms. The predicted molar refractivity (Wildman–Crippen MR) is 49.1 cm³/mol. The van der Waals surface area contributed by atoms with Gasteiger partial charge in [0, 0.05) is 0 Å². The van der Waals surface area contributed by atoms with E-state index in [-0.39, 0.29) is 18.2 Å². The second kappa shape index (κ2) is 4.74. The summed E-state index contributed by atoms with van der Waals surface area (Å²) in [6, 6.07) is 0. The van der Waals surface area contributed by atoms with Crippen LogP contribution < -0.4 is 0 Å². The van der Waals surface area contributed by atoms with E-state index in [1.54, 1.807) is 13.8 Å². The molecule has 5 nitrogen and oxygen atoms in total. The van der Waals surface area contributed by atoms with Crippen molar-refractivity contribution in [1.29, 1.82) is 0 Å². The zero-order valence-corrected chi connectivity index (χ0v) is 8.28. The van der Waals surface area contributed by atoms with Crippen LogP contribution in [0.25, 0.3) is 0 Å². The first-order valence-corrected chi connectivity index (χ1v) is 4.53. The molecule has 0 amide bonds. The molecular weight excluding hydrogens is 186 g/mol. The highest BCUT2D eigenvalue weighted by atomic mass is 16.5. The van der Waals surface area contributed by atoms with Crippen molar-refractivity contribution in [2.75, 3.05) is 13.2 Å². The number of carbonyl (C=O) groups excluding carboxylic acids is 2. The molecule has 0 aliphatic carbocycles. The Balaban J connectivity index is 2.52. The van der Waals surface area contributed by atoms with Gasteiger partial charge in [-0.1, -0.05) is 0 Å². The highest BCUT2D eigenvalue weighted by molar-refractivity contribution is 6.39.